The number of fused-ring (bicyclic) bond motifs is 1. The van der Waals surface area contributed by atoms with Gasteiger partial charge in [0.15, 0.2) is 5.95 Å². The van der Waals surface area contributed by atoms with E-state index in [0.717, 1.165) is 85.1 Å². The van der Waals surface area contributed by atoms with Gasteiger partial charge in [0.25, 0.3) is 5.91 Å². The lowest BCUT2D eigenvalue weighted by Gasteiger charge is -2.33. The van der Waals surface area contributed by atoms with E-state index in [2.05, 4.69) is 57.9 Å². The molecule has 0 saturated carbocycles. The highest BCUT2D eigenvalue weighted by Crippen LogP contribution is 2.35. The number of likely N-dealkylation sites (tertiary alicyclic amines) is 1. The van der Waals surface area contributed by atoms with E-state index in [1.54, 1.807) is 25.6 Å². The molecular weight excluding hydrogens is 628 g/mol. The molecule has 0 radical (unpaired) electrons. The van der Waals surface area contributed by atoms with Crippen LogP contribution in [0.3, 0.4) is 0 Å². The number of ether oxygens (including phenoxy) is 1. The van der Waals surface area contributed by atoms with Crippen molar-refractivity contribution in [3.63, 3.8) is 0 Å². The molecule has 2 aliphatic heterocycles. The molecular formula is C38H48N10O2. The van der Waals surface area contributed by atoms with Crippen molar-refractivity contribution in [1.82, 2.24) is 39.6 Å². The van der Waals surface area contributed by atoms with Crippen molar-refractivity contribution in [3.05, 3.63) is 89.1 Å². The predicted octanol–water partition coefficient (Wildman–Crippen LogP) is 5.29. The molecule has 2 saturated heterocycles. The fourth-order valence-corrected chi connectivity index (χ4v) is 6.71. The number of likely N-dealkylation sites (N-methyl/N-ethyl adjacent to an activating group) is 1. The lowest BCUT2D eigenvalue weighted by molar-refractivity contribution is 0.102. The normalized spacial score (nSPS) is 15.5. The van der Waals surface area contributed by atoms with Crippen molar-refractivity contribution < 1.29 is 9.53 Å². The van der Waals surface area contributed by atoms with Crippen LogP contribution in [0.2, 0.25) is 0 Å². The van der Waals surface area contributed by atoms with Gasteiger partial charge in [-0.3, -0.25) is 24.6 Å². The van der Waals surface area contributed by atoms with Crippen LogP contribution >= 0.6 is 0 Å². The quantitative estimate of drug-likeness (QED) is 0.189. The number of nitrogens with one attached hydrogen (secondary N) is 2. The van der Waals surface area contributed by atoms with Crippen LogP contribution in [0.4, 0.5) is 11.8 Å². The molecule has 0 bridgehead atoms. The molecule has 1 amide bonds. The van der Waals surface area contributed by atoms with E-state index < -0.39 is 0 Å². The molecule has 0 atom stereocenters. The minimum atomic E-state index is -0.267. The molecule has 12 nitrogen and oxygen atoms in total. The molecule has 2 aromatic carbocycles. The summed E-state index contributed by atoms with van der Waals surface area (Å²) in [4.78, 5) is 41.3. The first-order valence-electron chi connectivity index (χ1n) is 17.4. The number of nitrogens with two attached hydrogens (primary N) is 1. The maximum Gasteiger partial charge on any atom is 0.259 e. The molecule has 2 fully saturated rings. The van der Waals surface area contributed by atoms with E-state index in [0.29, 0.717) is 28.4 Å². The second-order valence-electron chi connectivity index (χ2n) is 13.0. The minimum Gasteiger partial charge on any atom is -0.496 e. The maximum atomic E-state index is 13.3. The van der Waals surface area contributed by atoms with Gasteiger partial charge in [0.1, 0.15) is 17.1 Å². The summed E-state index contributed by atoms with van der Waals surface area (Å²) in [5.74, 6) is 1.58. The van der Waals surface area contributed by atoms with Crippen molar-refractivity contribution in [1.29, 1.82) is 0 Å². The van der Waals surface area contributed by atoms with E-state index >= 15 is 0 Å². The number of aromatic nitrogens is 5. The predicted molar refractivity (Wildman–Crippen MR) is 198 cm³/mol. The van der Waals surface area contributed by atoms with Gasteiger partial charge in [0.05, 0.1) is 30.1 Å². The summed E-state index contributed by atoms with van der Waals surface area (Å²) >= 11 is 0. The lowest BCUT2D eigenvalue weighted by Crippen LogP contribution is -2.45. The molecule has 0 aliphatic carbocycles. The number of carbonyl (C=O) groups is 1. The Balaban J connectivity index is 0.000000302. The number of rotatable bonds is 9. The monoisotopic (exact) mass is 676 g/mol. The Bertz CT molecular complexity index is 1890. The summed E-state index contributed by atoms with van der Waals surface area (Å²) < 4.78 is 5.58. The molecule has 5 aromatic rings. The van der Waals surface area contributed by atoms with Crippen LogP contribution in [0.1, 0.15) is 52.5 Å². The summed E-state index contributed by atoms with van der Waals surface area (Å²) in [6.07, 6.45) is 9.57. The number of piperazine rings is 1. The fraction of sp³-hybridized carbons (Fsp3) is 0.395. The summed E-state index contributed by atoms with van der Waals surface area (Å²) in [7, 11) is 1.67. The third kappa shape index (κ3) is 8.44. The number of carbonyl (C=O) groups excluding carboxylic acids is 1. The molecule has 5 heterocycles. The van der Waals surface area contributed by atoms with Gasteiger partial charge in [0, 0.05) is 63.4 Å². The van der Waals surface area contributed by atoms with Gasteiger partial charge in [-0.1, -0.05) is 25.1 Å². The second kappa shape index (κ2) is 16.2. The Morgan fingerprint density at radius 2 is 1.56 bits per heavy atom. The number of amides is 1. The number of nitrogens with zero attached hydrogens (tertiary/aromatic N) is 7. The van der Waals surface area contributed by atoms with Crippen LogP contribution in [-0.4, -0.2) is 98.4 Å². The molecule has 4 N–H and O–H groups in total. The first-order valence-corrected chi connectivity index (χ1v) is 17.4. The number of imidazole rings is 1. The average Bonchev–Trinajstić information content (AvgIpc) is 3.81. The van der Waals surface area contributed by atoms with E-state index in [1.165, 1.54) is 25.9 Å². The van der Waals surface area contributed by atoms with Crippen molar-refractivity contribution >= 4 is 28.7 Å². The van der Waals surface area contributed by atoms with Gasteiger partial charge in [-0.2, -0.15) is 0 Å². The van der Waals surface area contributed by atoms with Gasteiger partial charge >= 0.3 is 0 Å². The largest absolute Gasteiger partial charge is 0.496 e. The Kier molecular flexibility index (Phi) is 11.3. The lowest BCUT2D eigenvalue weighted by atomic mass is 9.95. The van der Waals surface area contributed by atoms with E-state index in [4.69, 9.17) is 10.5 Å². The van der Waals surface area contributed by atoms with Gasteiger partial charge in [-0.25, -0.2) is 9.97 Å². The first kappa shape index (κ1) is 34.9. The molecule has 50 heavy (non-hydrogen) atoms. The van der Waals surface area contributed by atoms with Crippen LogP contribution in [-0.2, 0) is 13.1 Å². The number of methoxy groups -OCH3 is 1. The van der Waals surface area contributed by atoms with Crippen LogP contribution in [0.5, 0.6) is 5.75 Å². The number of anilines is 2. The number of aromatic amines is 1. The van der Waals surface area contributed by atoms with Crippen molar-refractivity contribution in [2.24, 2.45) is 0 Å². The highest BCUT2D eigenvalue weighted by molar-refractivity contribution is 6.13. The summed E-state index contributed by atoms with van der Waals surface area (Å²) in [6.45, 7) is 15.9. The van der Waals surface area contributed by atoms with Crippen molar-refractivity contribution in [2.75, 3.05) is 64.0 Å². The van der Waals surface area contributed by atoms with Gasteiger partial charge in [0.2, 0.25) is 0 Å². The SMILES string of the molecule is CCN1CCN(Cc2ccc(NC(=O)c3ccc(-c4cc(C)cc(OC)c4C)c4nccnc34)nc2)CC1.Nc1ncc(CN2CCCC2)[nH]1. The number of aryl methyl sites for hydroxylation is 1. The third-order valence-corrected chi connectivity index (χ3v) is 9.51. The number of hydrogen-bond donors (Lipinski definition) is 3. The summed E-state index contributed by atoms with van der Waals surface area (Å²) in [5.41, 5.74) is 13.4. The third-order valence-electron chi connectivity index (χ3n) is 9.51. The zero-order valence-electron chi connectivity index (χ0n) is 29.6. The summed E-state index contributed by atoms with van der Waals surface area (Å²) in [5, 5.41) is 2.93. The van der Waals surface area contributed by atoms with Crippen LogP contribution < -0.4 is 15.8 Å². The van der Waals surface area contributed by atoms with E-state index in [1.807, 2.05) is 50.5 Å². The molecule has 262 valence electrons. The molecule has 0 unspecified atom stereocenters. The van der Waals surface area contributed by atoms with Crippen molar-refractivity contribution in [3.8, 4) is 16.9 Å². The molecule has 2 aliphatic rings. The van der Waals surface area contributed by atoms with Crippen LogP contribution in [0, 0.1) is 13.8 Å². The molecule has 3 aromatic heterocycles. The minimum absolute atomic E-state index is 0.267. The van der Waals surface area contributed by atoms with Crippen molar-refractivity contribution in [2.45, 2.75) is 46.7 Å². The topological polar surface area (TPSA) is 141 Å². The molecule has 0 spiro atoms. The number of nitrogen functional groups attached to an aromatic ring is 1. The standard InChI is InChI=1S/C30H34N6O2.C8H14N4/c1-5-35-12-14-36(15-13-35)19-22-6-9-27(33-18-22)34-30(37)24-8-7-23(28-29(24)32-11-10-31-28)25-16-20(2)17-26(38-4)21(25)3;9-8-10-5-7(11-8)6-12-3-1-2-4-12/h6-11,16-18H,5,12-15,19H2,1-4H3,(H,33,34,37);5H,1-4,6H2,(H3,9,10,11). The number of hydrogen-bond acceptors (Lipinski definition) is 10. The second-order valence-corrected chi connectivity index (χ2v) is 13.0. The molecule has 7 rings (SSSR count). The van der Waals surface area contributed by atoms with Gasteiger partial charge in [-0.15, -0.1) is 0 Å². The Labute approximate surface area is 294 Å². The van der Waals surface area contributed by atoms with Gasteiger partial charge < -0.3 is 25.7 Å². The zero-order chi connectivity index (χ0) is 35.0. The number of H-pyrrole nitrogens is 1. The Morgan fingerprint density at radius 3 is 2.22 bits per heavy atom. The zero-order valence-corrected chi connectivity index (χ0v) is 29.6. The number of benzene rings is 2. The highest BCUT2D eigenvalue weighted by atomic mass is 16.5. The van der Waals surface area contributed by atoms with E-state index in [-0.39, 0.29) is 5.91 Å². The smallest absolute Gasteiger partial charge is 0.259 e. The fourth-order valence-electron chi connectivity index (χ4n) is 6.71. The first-order chi connectivity index (χ1) is 24.3. The van der Waals surface area contributed by atoms with Crippen LogP contribution in [0.25, 0.3) is 22.2 Å². The van der Waals surface area contributed by atoms with Crippen LogP contribution in [0.15, 0.2) is 61.2 Å². The highest BCUT2D eigenvalue weighted by Gasteiger charge is 2.19. The Hall–Kier alpha value is -4.91. The van der Waals surface area contributed by atoms with Gasteiger partial charge in [-0.05, 0) is 86.8 Å². The number of pyridine rings is 1. The molecule has 12 heteroatoms. The van der Waals surface area contributed by atoms with E-state index in [9.17, 15) is 4.79 Å². The average molecular weight is 677 g/mol. The maximum absolute atomic E-state index is 13.3. The summed E-state index contributed by atoms with van der Waals surface area (Å²) in [6, 6.07) is 11.8. The Morgan fingerprint density at radius 1 is 0.840 bits per heavy atom.